The number of nitrogens with one attached hydrogen (secondary N) is 1. The lowest BCUT2D eigenvalue weighted by molar-refractivity contribution is 0.719. The highest BCUT2D eigenvalue weighted by Crippen LogP contribution is 2.20. The summed E-state index contributed by atoms with van der Waals surface area (Å²) in [5.41, 5.74) is 9.60. The first kappa shape index (κ1) is 12.5. The van der Waals surface area contributed by atoms with Crippen molar-refractivity contribution in [2.75, 3.05) is 0 Å². The molecule has 3 rings (SSSR count). The predicted octanol–water partition coefficient (Wildman–Crippen LogP) is 0.942. The lowest BCUT2D eigenvalue weighted by Gasteiger charge is -2.02. The Morgan fingerprint density at radius 3 is 3.00 bits per heavy atom. The number of H-pyrrole nitrogens is 1. The number of hydrogen-bond acceptors (Lipinski definition) is 5. The molecule has 0 fully saturated rings. The van der Waals surface area contributed by atoms with Gasteiger partial charge in [-0.1, -0.05) is 12.1 Å². The van der Waals surface area contributed by atoms with Crippen LogP contribution in [0.1, 0.15) is 12.6 Å². The molecular formula is C13H15N7. The van der Waals surface area contributed by atoms with Gasteiger partial charge < -0.3 is 5.73 Å². The SMILES string of the molecule is CC(N)Cc1cc(-c2cccc(-n3cnnn3)c2)n[nH]1. The lowest BCUT2D eigenvalue weighted by atomic mass is 10.1. The molecule has 3 N–H and O–H groups in total. The molecule has 2 aromatic heterocycles. The Hall–Kier alpha value is -2.54. The standard InChI is InChI=1S/C13H15N7/c1-9(14)5-11-7-13(17-16-11)10-3-2-4-12(6-10)20-8-15-18-19-20/h2-4,6-9H,5,14H2,1H3,(H,16,17). The molecule has 1 atom stereocenters. The van der Waals surface area contributed by atoms with Gasteiger partial charge in [-0.05, 0) is 35.5 Å². The molecule has 0 aliphatic heterocycles. The van der Waals surface area contributed by atoms with E-state index in [2.05, 4.69) is 25.7 Å². The highest BCUT2D eigenvalue weighted by Gasteiger charge is 2.07. The second-order valence-electron chi connectivity index (χ2n) is 4.76. The maximum absolute atomic E-state index is 5.79. The van der Waals surface area contributed by atoms with Gasteiger partial charge in [0.05, 0.1) is 11.4 Å². The molecule has 0 saturated carbocycles. The zero-order valence-electron chi connectivity index (χ0n) is 11.1. The minimum atomic E-state index is 0.107. The van der Waals surface area contributed by atoms with Crippen LogP contribution in [-0.2, 0) is 6.42 Å². The van der Waals surface area contributed by atoms with Gasteiger partial charge in [-0.2, -0.15) is 5.10 Å². The van der Waals surface area contributed by atoms with E-state index in [1.54, 1.807) is 11.0 Å². The maximum Gasteiger partial charge on any atom is 0.143 e. The van der Waals surface area contributed by atoms with Crippen LogP contribution in [0.4, 0.5) is 0 Å². The Kier molecular flexibility index (Phi) is 3.26. The van der Waals surface area contributed by atoms with Crippen molar-refractivity contribution in [3.63, 3.8) is 0 Å². The Morgan fingerprint density at radius 1 is 1.35 bits per heavy atom. The van der Waals surface area contributed by atoms with E-state index in [1.807, 2.05) is 37.3 Å². The van der Waals surface area contributed by atoms with E-state index < -0.39 is 0 Å². The van der Waals surface area contributed by atoms with E-state index in [0.717, 1.165) is 29.1 Å². The van der Waals surface area contributed by atoms with Gasteiger partial charge in [-0.15, -0.1) is 5.10 Å². The molecule has 0 aliphatic carbocycles. The minimum Gasteiger partial charge on any atom is -0.328 e. The Bertz CT molecular complexity index is 684. The maximum atomic E-state index is 5.79. The number of rotatable bonds is 4. The number of tetrazole rings is 1. The van der Waals surface area contributed by atoms with Crippen molar-refractivity contribution in [1.82, 2.24) is 30.4 Å². The quantitative estimate of drug-likeness (QED) is 0.734. The van der Waals surface area contributed by atoms with Crippen LogP contribution >= 0.6 is 0 Å². The summed E-state index contributed by atoms with van der Waals surface area (Å²) in [6, 6.07) is 10.0. The molecule has 2 heterocycles. The molecule has 0 amide bonds. The second-order valence-corrected chi connectivity index (χ2v) is 4.76. The first-order valence-electron chi connectivity index (χ1n) is 6.36. The zero-order chi connectivity index (χ0) is 13.9. The van der Waals surface area contributed by atoms with Gasteiger partial charge in [0.15, 0.2) is 0 Å². The second kappa shape index (κ2) is 5.22. The van der Waals surface area contributed by atoms with Crippen LogP contribution in [0.5, 0.6) is 0 Å². The molecule has 7 heteroatoms. The molecule has 0 radical (unpaired) electrons. The third-order valence-corrected chi connectivity index (χ3v) is 2.93. The summed E-state index contributed by atoms with van der Waals surface area (Å²) in [5, 5.41) is 18.5. The van der Waals surface area contributed by atoms with Gasteiger partial charge in [0.25, 0.3) is 0 Å². The van der Waals surface area contributed by atoms with Gasteiger partial charge in [0, 0.05) is 23.7 Å². The van der Waals surface area contributed by atoms with Crippen molar-refractivity contribution in [3.05, 3.63) is 42.4 Å². The van der Waals surface area contributed by atoms with E-state index in [0.29, 0.717) is 0 Å². The van der Waals surface area contributed by atoms with Crippen molar-refractivity contribution >= 4 is 0 Å². The molecule has 0 bridgehead atoms. The van der Waals surface area contributed by atoms with E-state index >= 15 is 0 Å². The fraction of sp³-hybridized carbons (Fsp3) is 0.231. The molecule has 20 heavy (non-hydrogen) atoms. The lowest BCUT2D eigenvalue weighted by Crippen LogP contribution is -2.17. The smallest absolute Gasteiger partial charge is 0.143 e. The molecule has 0 aliphatic rings. The van der Waals surface area contributed by atoms with Crippen molar-refractivity contribution in [3.8, 4) is 16.9 Å². The number of aromatic nitrogens is 6. The fourth-order valence-corrected chi connectivity index (χ4v) is 2.05. The summed E-state index contributed by atoms with van der Waals surface area (Å²) in [7, 11) is 0. The van der Waals surface area contributed by atoms with Crippen LogP contribution < -0.4 is 5.73 Å². The van der Waals surface area contributed by atoms with Gasteiger partial charge in [-0.25, -0.2) is 4.68 Å². The number of nitrogens with two attached hydrogens (primary N) is 1. The number of aromatic amines is 1. The molecule has 0 spiro atoms. The van der Waals surface area contributed by atoms with Crippen molar-refractivity contribution in [2.45, 2.75) is 19.4 Å². The Morgan fingerprint density at radius 2 is 2.25 bits per heavy atom. The van der Waals surface area contributed by atoms with Gasteiger partial charge >= 0.3 is 0 Å². The first-order valence-corrected chi connectivity index (χ1v) is 6.36. The van der Waals surface area contributed by atoms with Crippen LogP contribution in [0.15, 0.2) is 36.7 Å². The molecule has 3 aromatic rings. The van der Waals surface area contributed by atoms with Crippen molar-refractivity contribution in [2.24, 2.45) is 5.73 Å². The topological polar surface area (TPSA) is 98.3 Å². The van der Waals surface area contributed by atoms with E-state index in [-0.39, 0.29) is 6.04 Å². The van der Waals surface area contributed by atoms with Gasteiger partial charge in [0.2, 0.25) is 0 Å². The largest absolute Gasteiger partial charge is 0.328 e. The van der Waals surface area contributed by atoms with Crippen molar-refractivity contribution < 1.29 is 0 Å². The summed E-state index contributed by atoms with van der Waals surface area (Å²) in [5.74, 6) is 0. The van der Waals surface area contributed by atoms with Crippen LogP contribution in [0, 0.1) is 0 Å². The molecule has 7 nitrogen and oxygen atoms in total. The fourth-order valence-electron chi connectivity index (χ4n) is 2.05. The molecule has 0 saturated heterocycles. The minimum absolute atomic E-state index is 0.107. The van der Waals surface area contributed by atoms with Crippen LogP contribution in [-0.4, -0.2) is 36.4 Å². The highest BCUT2D eigenvalue weighted by molar-refractivity contribution is 5.62. The average molecular weight is 269 g/mol. The van der Waals surface area contributed by atoms with Crippen LogP contribution in [0.3, 0.4) is 0 Å². The van der Waals surface area contributed by atoms with E-state index in [9.17, 15) is 0 Å². The third-order valence-electron chi connectivity index (χ3n) is 2.93. The summed E-state index contributed by atoms with van der Waals surface area (Å²) in [6.45, 7) is 1.97. The van der Waals surface area contributed by atoms with Crippen LogP contribution in [0.25, 0.3) is 16.9 Å². The molecular weight excluding hydrogens is 254 g/mol. The number of nitrogens with zero attached hydrogens (tertiary/aromatic N) is 5. The third kappa shape index (κ3) is 2.57. The van der Waals surface area contributed by atoms with Crippen LogP contribution in [0.2, 0.25) is 0 Å². The summed E-state index contributed by atoms with van der Waals surface area (Å²) in [6.07, 6.45) is 2.34. The van der Waals surface area contributed by atoms with Crippen molar-refractivity contribution in [1.29, 1.82) is 0 Å². The highest BCUT2D eigenvalue weighted by atomic mass is 15.5. The average Bonchev–Trinajstić information content (AvgIpc) is 3.09. The summed E-state index contributed by atoms with van der Waals surface area (Å²) in [4.78, 5) is 0. The molecule has 1 unspecified atom stereocenters. The Labute approximate surface area is 115 Å². The van der Waals surface area contributed by atoms with Gasteiger partial charge in [-0.3, -0.25) is 5.10 Å². The predicted molar refractivity (Wildman–Crippen MR) is 74.1 cm³/mol. The normalized spacial score (nSPS) is 12.5. The summed E-state index contributed by atoms with van der Waals surface area (Å²) < 4.78 is 1.61. The number of hydrogen-bond donors (Lipinski definition) is 2. The monoisotopic (exact) mass is 269 g/mol. The number of benzene rings is 1. The first-order chi connectivity index (χ1) is 9.72. The Balaban J connectivity index is 1.90. The molecule has 102 valence electrons. The molecule has 1 aromatic carbocycles. The zero-order valence-corrected chi connectivity index (χ0v) is 11.1. The van der Waals surface area contributed by atoms with E-state index in [4.69, 9.17) is 5.73 Å². The summed E-state index contributed by atoms with van der Waals surface area (Å²) >= 11 is 0. The van der Waals surface area contributed by atoms with E-state index in [1.165, 1.54) is 0 Å². The van der Waals surface area contributed by atoms with Gasteiger partial charge in [0.1, 0.15) is 6.33 Å².